The van der Waals surface area contributed by atoms with Crippen molar-refractivity contribution in [2.75, 3.05) is 40.9 Å². The Morgan fingerprint density at radius 3 is 1.08 bits per heavy atom. The molecule has 0 aliphatic carbocycles. The number of aliphatic hydroxyl groups is 1. The van der Waals surface area contributed by atoms with Crippen LogP contribution < -0.4 is 10.2 Å². The van der Waals surface area contributed by atoms with Gasteiger partial charge in [0.25, 0.3) is 7.82 Å². The minimum absolute atomic E-state index is 0.00722. The van der Waals surface area contributed by atoms with E-state index >= 15 is 0 Å². The lowest BCUT2D eigenvalue weighted by molar-refractivity contribution is -0.870. The molecule has 1 amide bonds. The van der Waals surface area contributed by atoms with Crippen LogP contribution in [0.3, 0.4) is 0 Å². The predicted octanol–water partition coefficient (Wildman–Crippen LogP) is 19.9. The van der Waals surface area contributed by atoms with Crippen LogP contribution in [0.1, 0.15) is 328 Å². The Balaban J connectivity index is 4.08. The van der Waals surface area contributed by atoms with Gasteiger partial charge in [-0.15, -0.1) is 0 Å². The number of rotatable bonds is 61. The molecule has 0 aliphatic heterocycles. The molecule has 444 valence electrons. The van der Waals surface area contributed by atoms with Crippen LogP contribution >= 0.6 is 7.82 Å². The molecule has 0 rings (SSSR count). The van der Waals surface area contributed by atoms with Gasteiger partial charge in [0.15, 0.2) is 0 Å². The maximum Gasteiger partial charge on any atom is 0.268 e. The predicted molar refractivity (Wildman–Crippen MR) is 325 cm³/mol. The number of quaternary nitrogens is 1. The number of nitrogens with zero attached hydrogens (tertiary/aromatic N) is 1. The van der Waals surface area contributed by atoms with E-state index in [1.165, 1.54) is 263 Å². The van der Waals surface area contributed by atoms with Crippen LogP contribution in [0.5, 0.6) is 0 Å². The van der Waals surface area contributed by atoms with E-state index in [2.05, 4.69) is 43.5 Å². The van der Waals surface area contributed by atoms with Crippen molar-refractivity contribution in [1.82, 2.24) is 5.32 Å². The highest BCUT2D eigenvalue weighted by molar-refractivity contribution is 7.45. The molecule has 0 aromatic carbocycles. The summed E-state index contributed by atoms with van der Waals surface area (Å²) in [5.74, 6) is -0.205. The van der Waals surface area contributed by atoms with E-state index in [-0.39, 0.29) is 12.5 Å². The van der Waals surface area contributed by atoms with Gasteiger partial charge in [0.1, 0.15) is 13.2 Å². The summed E-state index contributed by atoms with van der Waals surface area (Å²) in [6, 6.07) is -0.909. The highest BCUT2D eigenvalue weighted by atomic mass is 31.2. The van der Waals surface area contributed by atoms with E-state index < -0.39 is 26.6 Å². The summed E-state index contributed by atoms with van der Waals surface area (Å²) >= 11 is 0. The Labute approximate surface area is 467 Å². The van der Waals surface area contributed by atoms with Gasteiger partial charge in [-0.25, -0.2) is 0 Å². The largest absolute Gasteiger partial charge is 0.756 e. The number of amides is 1. The number of likely N-dealkylation sites (N-methyl/N-ethyl adjacent to an activating group) is 1. The molecule has 0 saturated heterocycles. The van der Waals surface area contributed by atoms with Crippen molar-refractivity contribution in [3.63, 3.8) is 0 Å². The molecule has 75 heavy (non-hydrogen) atoms. The second-order valence-electron chi connectivity index (χ2n) is 23.8. The Morgan fingerprint density at radius 1 is 0.453 bits per heavy atom. The average Bonchev–Trinajstić information content (AvgIpc) is 3.37. The molecule has 3 unspecified atom stereocenters. The number of aliphatic hydroxyl groups excluding tert-OH is 1. The fraction of sp³-hybridized carbons (Fsp3) is 0.894. The molecule has 9 heteroatoms. The summed E-state index contributed by atoms with van der Waals surface area (Å²) in [4.78, 5) is 25.6. The number of carbonyl (C=O) groups excluding carboxylic acids is 1. The third-order valence-electron chi connectivity index (χ3n) is 15.1. The molecular formula is C66H129N2O6P. The first-order valence-electron chi connectivity index (χ1n) is 32.9. The van der Waals surface area contributed by atoms with Gasteiger partial charge in [0.05, 0.1) is 39.9 Å². The Bertz CT molecular complexity index is 1320. The molecule has 0 aromatic heterocycles. The van der Waals surface area contributed by atoms with Gasteiger partial charge in [-0.05, 0) is 44.9 Å². The van der Waals surface area contributed by atoms with Gasteiger partial charge in [0.2, 0.25) is 5.91 Å². The first-order valence-corrected chi connectivity index (χ1v) is 34.3. The van der Waals surface area contributed by atoms with Crippen molar-refractivity contribution in [1.29, 1.82) is 0 Å². The van der Waals surface area contributed by atoms with Gasteiger partial charge >= 0.3 is 0 Å². The van der Waals surface area contributed by atoms with Gasteiger partial charge in [-0.1, -0.05) is 314 Å². The molecule has 0 aromatic rings. The number of allylic oxidation sites excluding steroid dienone is 5. The normalized spacial score (nSPS) is 14.0. The van der Waals surface area contributed by atoms with Crippen LogP contribution in [-0.4, -0.2) is 68.5 Å². The lowest BCUT2D eigenvalue weighted by Gasteiger charge is -2.29. The van der Waals surface area contributed by atoms with E-state index in [1.807, 2.05) is 27.2 Å². The molecule has 0 bridgehead atoms. The molecule has 0 radical (unpaired) electrons. The van der Waals surface area contributed by atoms with Crippen molar-refractivity contribution in [2.24, 2.45) is 0 Å². The highest BCUT2D eigenvalue weighted by Gasteiger charge is 2.23. The van der Waals surface area contributed by atoms with Crippen molar-refractivity contribution in [2.45, 2.75) is 341 Å². The fourth-order valence-corrected chi connectivity index (χ4v) is 10.7. The third kappa shape index (κ3) is 60.2. The van der Waals surface area contributed by atoms with Gasteiger partial charge in [-0.2, -0.15) is 0 Å². The van der Waals surface area contributed by atoms with E-state index in [9.17, 15) is 19.4 Å². The number of nitrogens with one attached hydrogen (secondary N) is 1. The van der Waals surface area contributed by atoms with Crippen molar-refractivity contribution in [3.05, 3.63) is 36.5 Å². The van der Waals surface area contributed by atoms with Crippen LogP contribution in [0.15, 0.2) is 36.5 Å². The van der Waals surface area contributed by atoms with Crippen LogP contribution in [0, 0.1) is 0 Å². The zero-order chi connectivity index (χ0) is 54.9. The monoisotopic (exact) mass is 1080 g/mol. The number of phosphoric acid groups is 1. The first kappa shape index (κ1) is 73.7. The summed E-state index contributed by atoms with van der Waals surface area (Å²) in [5.41, 5.74) is 0. The average molecular weight is 1080 g/mol. The van der Waals surface area contributed by atoms with E-state index in [0.29, 0.717) is 17.4 Å². The Hall–Kier alpha value is -1.28. The zero-order valence-electron chi connectivity index (χ0n) is 50.8. The number of hydrogen-bond acceptors (Lipinski definition) is 6. The summed E-state index contributed by atoms with van der Waals surface area (Å²) < 4.78 is 23.4. The van der Waals surface area contributed by atoms with Gasteiger partial charge in [0, 0.05) is 6.42 Å². The molecule has 3 atom stereocenters. The minimum Gasteiger partial charge on any atom is -0.756 e. The molecule has 0 spiro atoms. The molecule has 0 fully saturated rings. The Kier molecular flexibility index (Phi) is 56.4. The summed E-state index contributed by atoms with van der Waals surface area (Å²) in [7, 11) is 1.25. The summed E-state index contributed by atoms with van der Waals surface area (Å²) in [6.07, 6.45) is 75.5. The smallest absolute Gasteiger partial charge is 0.268 e. The quantitative estimate of drug-likeness (QED) is 0.0272. The standard InChI is InChI=1S/C66H129N2O6P/c1-6-8-10-12-14-16-18-20-22-24-26-28-29-30-31-32-33-34-35-36-37-38-40-42-44-46-48-50-52-54-56-58-60-66(70)67-64(63-74-75(71,72)73-62-61-68(3,4)5)65(69)59-57-55-53-51-49-47-45-43-41-39-27-25-23-21-19-17-15-13-11-9-7-2/h41,43,49,51,57,59,64-65,69H,6-40,42,44-48,50,52-56,58,60-63H2,1-5H3,(H-,67,70,71,72)/b43-41+,51-49+,59-57+. The number of unbranched alkanes of at least 4 members (excludes halogenated alkanes) is 44. The molecule has 2 N–H and O–H groups in total. The maximum absolute atomic E-state index is 13.0. The topological polar surface area (TPSA) is 108 Å². The van der Waals surface area contributed by atoms with Crippen molar-refractivity contribution in [3.8, 4) is 0 Å². The summed E-state index contributed by atoms with van der Waals surface area (Å²) in [5, 5.41) is 13.9. The number of hydrogen-bond donors (Lipinski definition) is 2. The highest BCUT2D eigenvalue weighted by Crippen LogP contribution is 2.38. The van der Waals surface area contributed by atoms with E-state index in [1.54, 1.807) is 6.08 Å². The number of phosphoric ester groups is 1. The third-order valence-corrected chi connectivity index (χ3v) is 16.0. The van der Waals surface area contributed by atoms with Crippen LogP contribution in [0.4, 0.5) is 0 Å². The first-order chi connectivity index (χ1) is 36.5. The molecule has 8 nitrogen and oxygen atoms in total. The SMILES string of the molecule is CCCCCCCCCCCCC/C=C/CC/C=C/CC/C=C/C(O)C(COP(=O)([O-])OCC[N+](C)(C)C)NC(=O)CCCCCCCCCCCCCCCCCCCCCCCCCCCCCCCCCC. The van der Waals surface area contributed by atoms with Gasteiger partial charge in [-0.3, -0.25) is 9.36 Å². The molecule has 0 heterocycles. The van der Waals surface area contributed by atoms with Crippen molar-refractivity contribution >= 4 is 13.7 Å². The lowest BCUT2D eigenvalue weighted by Crippen LogP contribution is -2.45. The van der Waals surface area contributed by atoms with E-state index in [0.717, 1.165) is 44.9 Å². The zero-order valence-corrected chi connectivity index (χ0v) is 51.7. The Morgan fingerprint density at radius 2 is 0.747 bits per heavy atom. The van der Waals surface area contributed by atoms with Gasteiger partial charge < -0.3 is 28.8 Å². The second kappa shape index (κ2) is 57.4. The fourth-order valence-electron chi connectivity index (χ4n) is 9.95. The molecular weight excluding hydrogens is 948 g/mol. The summed E-state index contributed by atoms with van der Waals surface area (Å²) in [6.45, 7) is 4.67. The maximum atomic E-state index is 13.0. The second-order valence-corrected chi connectivity index (χ2v) is 25.2. The minimum atomic E-state index is -4.61. The molecule has 0 aliphatic rings. The van der Waals surface area contributed by atoms with Crippen LogP contribution in [0.25, 0.3) is 0 Å². The van der Waals surface area contributed by atoms with Crippen molar-refractivity contribution < 1.29 is 32.9 Å². The molecule has 0 saturated carbocycles. The lowest BCUT2D eigenvalue weighted by atomic mass is 10.0. The van der Waals surface area contributed by atoms with Crippen LogP contribution in [-0.2, 0) is 18.4 Å². The van der Waals surface area contributed by atoms with E-state index in [4.69, 9.17) is 9.05 Å². The van der Waals surface area contributed by atoms with Crippen LogP contribution in [0.2, 0.25) is 0 Å². The number of carbonyl (C=O) groups is 1.